The molecule has 0 saturated carbocycles. The molecule has 2 aromatic heterocycles. The summed E-state index contributed by atoms with van der Waals surface area (Å²) < 4.78 is 4.99. The van der Waals surface area contributed by atoms with Crippen molar-refractivity contribution in [1.29, 1.82) is 0 Å². The van der Waals surface area contributed by atoms with E-state index in [-0.39, 0.29) is 51.5 Å². The number of carboxylic acid groups (broad SMARTS) is 1. The molecule has 0 aliphatic rings. The number of amidine groups is 1. The van der Waals surface area contributed by atoms with E-state index < -0.39 is 5.97 Å². The molecule has 0 atom stereocenters. The molecule has 15 nitrogen and oxygen atoms in total. The van der Waals surface area contributed by atoms with Crippen LogP contribution in [0.1, 0.15) is 55.4 Å². The first kappa shape index (κ1) is 41.2. The van der Waals surface area contributed by atoms with Crippen LogP contribution in [0.2, 0.25) is 0 Å². The third-order valence-corrected chi connectivity index (χ3v) is 7.97. The second-order valence-electron chi connectivity index (χ2n) is 12.4. The molecule has 55 heavy (non-hydrogen) atoms. The number of nitrogens with zero attached hydrogens (tertiary/aromatic N) is 9. The van der Waals surface area contributed by atoms with Crippen molar-refractivity contribution < 1.29 is 36.6 Å². The molecule has 6 aromatic rings. The van der Waals surface area contributed by atoms with Gasteiger partial charge in [-0.1, -0.05) is 53.2 Å². The summed E-state index contributed by atoms with van der Waals surface area (Å²) in [7, 11) is 1.70. The number of aryl methyl sites for hydroxylation is 7. The van der Waals surface area contributed by atoms with Crippen LogP contribution in [0.15, 0.2) is 92.6 Å². The number of aromatic hydroxyl groups is 1. The average molecular weight is 790 g/mol. The number of phenolic OH excluding ortho intramolecular Hbond substituents is 1. The van der Waals surface area contributed by atoms with Crippen molar-refractivity contribution in [3.05, 3.63) is 129 Å². The van der Waals surface area contributed by atoms with E-state index in [1.54, 1.807) is 45.2 Å². The Balaban J connectivity index is 0.000000437. The number of azo groups is 1. The van der Waals surface area contributed by atoms with E-state index in [0.29, 0.717) is 34.7 Å². The van der Waals surface area contributed by atoms with Crippen molar-refractivity contribution in [2.45, 2.75) is 48.5 Å². The zero-order valence-corrected chi connectivity index (χ0v) is 32.4. The molecule has 0 unspecified atom stereocenters. The summed E-state index contributed by atoms with van der Waals surface area (Å²) in [6.45, 7) is 13.0. The van der Waals surface area contributed by atoms with Gasteiger partial charge in [-0.25, -0.2) is 4.79 Å². The van der Waals surface area contributed by atoms with Crippen molar-refractivity contribution in [2.24, 2.45) is 15.3 Å². The Bertz CT molecular complexity index is 2360. The number of carboxylic acids is 1. The number of hydrogen-bond donors (Lipinski definition) is 4. The molecule has 0 radical (unpaired) electrons. The number of benzene rings is 4. The Kier molecular flexibility index (Phi) is 13.9. The van der Waals surface area contributed by atoms with Crippen LogP contribution in [0.3, 0.4) is 0 Å². The number of aromatic nitrogens is 5. The Morgan fingerprint density at radius 3 is 2.13 bits per heavy atom. The van der Waals surface area contributed by atoms with Crippen molar-refractivity contribution in [3.8, 4) is 17.2 Å². The molecule has 0 saturated heterocycles. The molecule has 6 rings (SSSR count). The minimum Gasteiger partial charge on any atom is -0.573 e. The first-order valence-electron chi connectivity index (χ1n) is 16.8. The Morgan fingerprint density at radius 1 is 0.764 bits per heavy atom. The Labute approximate surface area is 329 Å². The zero-order valence-electron chi connectivity index (χ0n) is 31.5. The third-order valence-electron chi connectivity index (χ3n) is 7.97. The van der Waals surface area contributed by atoms with Gasteiger partial charge in [0.05, 0.1) is 5.69 Å². The molecular weight excluding hydrogens is 750 g/mol. The quantitative estimate of drug-likeness (QED) is 0.0271. The second kappa shape index (κ2) is 18.5. The minimum absolute atomic E-state index is 0. The largest absolute Gasteiger partial charge is 1.00 e. The summed E-state index contributed by atoms with van der Waals surface area (Å²) >= 11 is 0. The topological polar surface area (TPSA) is 210 Å². The molecule has 0 spiro atoms. The van der Waals surface area contributed by atoms with Crippen molar-refractivity contribution >= 4 is 40.8 Å². The molecule has 0 aliphatic heterocycles. The number of anilines is 3. The number of phenols is 1. The molecule has 0 fully saturated rings. The molecular formula is C39H40CuN11O4. The van der Waals surface area contributed by atoms with Gasteiger partial charge < -0.3 is 35.9 Å². The summed E-state index contributed by atoms with van der Waals surface area (Å²) in [6, 6.07) is 22.1. The summed E-state index contributed by atoms with van der Waals surface area (Å²) in [5.41, 5.74) is 11.0. The van der Waals surface area contributed by atoms with Gasteiger partial charge in [0.2, 0.25) is 11.9 Å². The van der Waals surface area contributed by atoms with Gasteiger partial charge in [-0.15, -0.1) is 15.9 Å². The van der Waals surface area contributed by atoms with Crippen LogP contribution in [0, 0.1) is 48.5 Å². The maximum Gasteiger partial charge on any atom is 1.00 e. The Hall–Kier alpha value is -6.51. The van der Waals surface area contributed by atoms with Crippen LogP contribution in [0.25, 0.3) is 16.9 Å². The van der Waals surface area contributed by atoms with Gasteiger partial charge in [0.1, 0.15) is 11.5 Å². The number of rotatable bonds is 9. The van der Waals surface area contributed by atoms with Gasteiger partial charge in [-0.05, 0) is 101 Å². The minimum atomic E-state index is -1.11. The molecule has 286 valence electrons. The first-order chi connectivity index (χ1) is 25.8. The third kappa shape index (κ3) is 10.8. The number of hydrogen-bond acceptors (Lipinski definition) is 12. The fourth-order valence-corrected chi connectivity index (χ4v) is 5.15. The maximum atomic E-state index is 11.9. The molecule has 0 aliphatic carbocycles. The number of carbonyl (C=O) groups is 1. The first-order valence-corrected chi connectivity index (χ1v) is 16.8. The molecule has 0 bridgehead atoms. The van der Waals surface area contributed by atoms with Crippen LogP contribution < -0.4 is 10.6 Å². The number of nitrogens with one attached hydrogen (secondary N) is 2. The van der Waals surface area contributed by atoms with Gasteiger partial charge in [0.15, 0.2) is 17.4 Å². The standard InChI is InChI=1S/C30H33N9O3.C9H8N2O.Cu/c1-15-8-9-21(19(5)10-15)27(38-36-23-14-18(4)17(3)13-22(23)28(41)42)39-37-25-12-16(2)11-24(26(25)40)34-30-33-20(6)32-29(31-7)35-30;1-7-10-9(12-11-7)8-5-3-2-4-6-8;/h8-14H,1-7H3,(H5,31,32,33,34,35,36,37,38,39,40,41,42);2-6H,1H3;/q;;+1/p-1. The molecule has 16 heteroatoms. The molecule has 0 amide bonds. The van der Waals surface area contributed by atoms with E-state index in [0.717, 1.165) is 33.4 Å². The van der Waals surface area contributed by atoms with E-state index in [4.69, 9.17) is 4.52 Å². The molecule has 4 aromatic carbocycles. The smallest absolute Gasteiger partial charge is 0.573 e. The SMILES string of the molecule is CNc1nc(C)nc(Nc2cc(C)cc(N=N/C(=N\[N-]c3cc(C)c(C)cc3C(=O)O)c3ccc(C)cc3C)c2O)n1.Cc1noc(-c2ccccc2)n1.[Cu+]. The fraction of sp³-hybridized carbons (Fsp3) is 0.205. The van der Waals surface area contributed by atoms with Gasteiger partial charge >= 0.3 is 23.0 Å². The summed E-state index contributed by atoms with van der Waals surface area (Å²) in [6.07, 6.45) is 0. The fourth-order valence-electron chi connectivity index (χ4n) is 5.15. The molecule has 4 N–H and O–H groups in total. The maximum absolute atomic E-state index is 11.9. The van der Waals surface area contributed by atoms with Crippen molar-refractivity contribution in [3.63, 3.8) is 0 Å². The molecule has 2 heterocycles. The van der Waals surface area contributed by atoms with E-state index in [1.165, 1.54) is 0 Å². The predicted molar refractivity (Wildman–Crippen MR) is 208 cm³/mol. The van der Waals surface area contributed by atoms with E-state index in [1.807, 2.05) is 83.1 Å². The number of aromatic carboxylic acids is 1. The Morgan fingerprint density at radius 2 is 1.47 bits per heavy atom. The van der Waals surface area contributed by atoms with Crippen LogP contribution in [-0.2, 0) is 17.1 Å². The van der Waals surface area contributed by atoms with Gasteiger partial charge in [-0.2, -0.15) is 19.9 Å². The van der Waals surface area contributed by atoms with Crippen molar-refractivity contribution in [1.82, 2.24) is 25.1 Å². The average Bonchev–Trinajstić information content (AvgIpc) is 3.58. The van der Waals surface area contributed by atoms with E-state index in [9.17, 15) is 15.0 Å². The van der Waals surface area contributed by atoms with Crippen LogP contribution >= 0.6 is 0 Å². The zero-order chi connectivity index (χ0) is 38.9. The summed E-state index contributed by atoms with van der Waals surface area (Å²) in [5, 5.41) is 43.4. The van der Waals surface area contributed by atoms with Gasteiger partial charge in [-0.3, -0.25) is 0 Å². The summed E-state index contributed by atoms with van der Waals surface area (Å²) in [4.78, 5) is 28.7. The van der Waals surface area contributed by atoms with Crippen LogP contribution in [0.5, 0.6) is 5.75 Å². The monoisotopic (exact) mass is 789 g/mol. The van der Waals surface area contributed by atoms with E-state index in [2.05, 4.69) is 56.5 Å². The van der Waals surface area contributed by atoms with Gasteiger partial charge in [0, 0.05) is 23.7 Å². The van der Waals surface area contributed by atoms with Gasteiger partial charge in [0.25, 0.3) is 5.89 Å². The normalized spacial score (nSPS) is 11.0. The van der Waals surface area contributed by atoms with Crippen molar-refractivity contribution in [2.75, 3.05) is 17.7 Å². The predicted octanol–water partition coefficient (Wildman–Crippen LogP) is 9.10. The van der Waals surface area contributed by atoms with Crippen LogP contribution in [0.4, 0.5) is 29.0 Å². The second-order valence-corrected chi connectivity index (χ2v) is 12.4. The summed E-state index contributed by atoms with van der Waals surface area (Å²) in [5.74, 6) is 1.22. The van der Waals surface area contributed by atoms with Crippen LogP contribution in [-0.4, -0.2) is 54.2 Å². The van der Waals surface area contributed by atoms with E-state index >= 15 is 0 Å².